The van der Waals surface area contributed by atoms with Gasteiger partial charge >= 0.3 is 0 Å². The average molecular weight is 301 g/mol. The van der Waals surface area contributed by atoms with Gasteiger partial charge in [-0.05, 0) is 29.0 Å². The van der Waals surface area contributed by atoms with Crippen molar-refractivity contribution in [2.24, 2.45) is 0 Å². The quantitative estimate of drug-likeness (QED) is 0.546. The van der Waals surface area contributed by atoms with Crippen LogP contribution in [0, 0.1) is 0 Å². The highest BCUT2D eigenvalue weighted by Gasteiger charge is 2.16. The van der Waals surface area contributed by atoms with Crippen molar-refractivity contribution in [2.75, 3.05) is 7.11 Å². The SMILES string of the molecule is COc1cccc2ccn(C(=O)c3cccc4ccccc34)c12. The fourth-order valence-electron chi connectivity index (χ4n) is 3.04. The van der Waals surface area contributed by atoms with Crippen LogP contribution < -0.4 is 4.74 Å². The van der Waals surface area contributed by atoms with E-state index in [1.165, 1.54) is 0 Å². The van der Waals surface area contributed by atoms with Gasteiger partial charge in [0.2, 0.25) is 0 Å². The van der Waals surface area contributed by atoms with Crippen molar-refractivity contribution in [2.45, 2.75) is 0 Å². The van der Waals surface area contributed by atoms with Gasteiger partial charge in [-0.25, -0.2) is 0 Å². The van der Waals surface area contributed by atoms with E-state index in [1.54, 1.807) is 17.9 Å². The van der Waals surface area contributed by atoms with Crippen LogP contribution in [0.25, 0.3) is 21.7 Å². The van der Waals surface area contributed by atoms with Crippen LogP contribution in [-0.4, -0.2) is 17.6 Å². The number of ether oxygens (including phenoxy) is 1. The predicted octanol–water partition coefficient (Wildman–Crippen LogP) is 4.49. The number of hydrogen-bond acceptors (Lipinski definition) is 2. The lowest BCUT2D eigenvalue weighted by molar-refractivity contribution is 0.0966. The number of fused-ring (bicyclic) bond motifs is 2. The number of carbonyl (C=O) groups is 1. The van der Waals surface area contributed by atoms with Gasteiger partial charge in [-0.15, -0.1) is 0 Å². The molecule has 0 bridgehead atoms. The van der Waals surface area contributed by atoms with Crippen molar-refractivity contribution in [3.8, 4) is 5.75 Å². The lowest BCUT2D eigenvalue weighted by Gasteiger charge is -2.10. The molecule has 3 heteroatoms. The zero-order valence-electron chi connectivity index (χ0n) is 12.7. The van der Waals surface area contributed by atoms with Gasteiger partial charge in [0, 0.05) is 17.1 Å². The second-order valence-electron chi connectivity index (χ2n) is 5.42. The summed E-state index contributed by atoms with van der Waals surface area (Å²) >= 11 is 0. The molecule has 1 aromatic heterocycles. The minimum absolute atomic E-state index is 0.0544. The molecule has 4 rings (SSSR count). The van der Waals surface area contributed by atoms with Crippen molar-refractivity contribution in [3.05, 3.63) is 78.5 Å². The summed E-state index contributed by atoms with van der Waals surface area (Å²) in [7, 11) is 1.62. The molecule has 0 saturated heterocycles. The zero-order valence-corrected chi connectivity index (χ0v) is 12.7. The Bertz CT molecular complexity index is 1020. The predicted molar refractivity (Wildman–Crippen MR) is 92.2 cm³/mol. The van der Waals surface area contributed by atoms with Crippen LogP contribution >= 0.6 is 0 Å². The third kappa shape index (κ3) is 2.09. The third-order valence-electron chi connectivity index (χ3n) is 4.13. The Hall–Kier alpha value is -3.07. The smallest absolute Gasteiger partial charge is 0.263 e. The summed E-state index contributed by atoms with van der Waals surface area (Å²) in [6, 6.07) is 21.4. The maximum Gasteiger partial charge on any atom is 0.263 e. The number of para-hydroxylation sites is 1. The van der Waals surface area contributed by atoms with Crippen LogP contribution in [0.1, 0.15) is 10.4 Å². The van der Waals surface area contributed by atoms with Gasteiger partial charge in [0.25, 0.3) is 5.91 Å². The molecular weight excluding hydrogens is 286 g/mol. The standard InChI is InChI=1S/C20H15NO2/c1-23-18-11-5-8-15-12-13-21(19(15)18)20(22)17-10-4-7-14-6-2-3-9-16(14)17/h2-13H,1H3. The van der Waals surface area contributed by atoms with Gasteiger partial charge in [-0.1, -0.05) is 48.5 Å². The van der Waals surface area contributed by atoms with Crippen LogP contribution in [0.15, 0.2) is 72.9 Å². The van der Waals surface area contributed by atoms with E-state index in [0.29, 0.717) is 11.3 Å². The van der Waals surface area contributed by atoms with E-state index in [0.717, 1.165) is 21.7 Å². The van der Waals surface area contributed by atoms with Gasteiger partial charge in [0.1, 0.15) is 5.75 Å². The zero-order chi connectivity index (χ0) is 15.8. The first-order chi connectivity index (χ1) is 11.3. The van der Waals surface area contributed by atoms with Gasteiger partial charge in [0.15, 0.2) is 0 Å². The summed E-state index contributed by atoms with van der Waals surface area (Å²) in [5.41, 5.74) is 1.49. The Morgan fingerprint density at radius 1 is 0.870 bits per heavy atom. The summed E-state index contributed by atoms with van der Waals surface area (Å²) < 4.78 is 7.09. The normalized spacial score (nSPS) is 11.0. The Morgan fingerprint density at radius 3 is 2.48 bits per heavy atom. The molecule has 23 heavy (non-hydrogen) atoms. The summed E-state index contributed by atoms with van der Waals surface area (Å²) in [6.07, 6.45) is 1.80. The number of rotatable bonds is 2. The first-order valence-corrected chi connectivity index (χ1v) is 7.46. The van der Waals surface area contributed by atoms with E-state index in [1.807, 2.05) is 66.7 Å². The monoisotopic (exact) mass is 301 g/mol. The van der Waals surface area contributed by atoms with Crippen molar-refractivity contribution < 1.29 is 9.53 Å². The largest absolute Gasteiger partial charge is 0.495 e. The fraction of sp³-hybridized carbons (Fsp3) is 0.0500. The lowest BCUT2D eigenvalue weighted by atomic mass is 10.0. The summed E-state index contributed by atoms with van der Waals surface area (Å²) in [4.78, 5) is 13.1. The molecule has 3 aromatic carbocycles. The molecule has 0 aliphatic heterocycles. The minimum atomic E-state index is -0.0544. The van der Waals surface area contributed by atoms with Crippen molar-refractivity contribution in [1.29, 1.82) is 0 Å². The summed E-state index contributed by atoms with van der Waals surface area (Å²) in [5.74, 6) is 0.641. The summed E-state index contributed by atoms with van der Waals surface area (Å²) in [5, 5.41) is 3.00. The van der Waals surface area contributed by atoms with Gasteiger partial charge in [-0.3, -0.25) is 9.36 Å². The Labute approximate surface area is 133 Å². The van der Waals surface area contributed by atoms with Crippen molar-refractivity contribution in [3.63, 3.8) is 0 Å². The first kappa shape index (κ1) is 13.6. The highest BCUT2D eigenvalue weighted by Crippen LogP contribution is 2.28. The van der Waals surface area contributed by atoms with Crippen LogP contribution in [-0.2, 0) is 0 Å². The molecule has 3 nitrogen and oxygen atoms in total. The van der Waals surface area contributed by atoms with Crippen molar-refractivity contribution in [1.82, 2.24) is 4.57 Å². The summed E-state index contributed by atoms with van der Waals surface area (Å²) in [6.45, 7) is 0. The Balaban J connectivity index is 1.96. The maximum absolute atomic E-state index is 13.1. The second kappa shape index (κ2) is 5.29. The number of nitrogens with zero attached hydrogens (tertiary/aromatic N) is 1. The van der Waals surface area contributed by atoms with Gasteiger partial charge in [0.05, 0.1) is 12.6 Å². The minimum Gasteiger partial charge on any atom is -0.495 e. The molecule has 0 aliphatic carbocycles. The highest BCUT2D eigenvalue weighted by molar-refractivity contribution is 6.11. The molecule has 0 atom stereocenters. The number of hydrogen-bond donors (Lipinski definition) is 0. The fourth-order valence-corrected chi connectivity index (χ4v) is 3.04. The van der Waals surface area contributed by atoms with Crippen molar-refractivity contribution >= 4 is 27.6 Å². The lowest BCUT2D eigenvalue weighted by Crippen LogP contribution is -2.11. The average Bonchev–Trinajstić information content (AvgIpc) is 3.05. The van der Waals surface area contributed by atoms with Crippen LogP contribution in [0.5, 0.6) is 5.75 Å². The van der Waals surface area contributed by atoms with E-state index in [-0.39, 0.29) is 5.91 Å². The number of benzene rings is 3. The molecule has 0 saturated carbocycles. The van der Waals surface area contributed by atoms with E-state index in [2.05, 4.69) is 0 Å². The van der Waals surface area contributed by atoms with Crippen LogP contribution in [0.3, 0.4) is 0 Å². The molecule has 0 fully saturated rings. The molecule has 0 amide bonds. The molecular formula is C20H15NO2. The number of carbonyl (C=O) groups excluding carboxylic acids is 1. The molecule has 0 N–H and O–H groups in total. The van der Waals surface area contributed by atoms with Crippen LogP contribution in [0.2, 0.25) is 0 Å². The van der Waals surface area contributed by atoms with Crippen LogP contribution in [0.4, 0.5) is 0 Å². The maximum atomic E-state index is 13.1. The third-order valence-corrected chi connectivity index (χ3v) is 4.13. The number of methoxy groups -OCH3 is 1. The van der Waals surface area contributed by atoms with E-state index >= 15 is 0 Å². The van der Waals surface area contributed by atoms with E-state index in [9.17, 15) is 4.79 Å². The molecule has 0 radical (unpaired) electrons. The Morgan fingerprint density at radius 2 is 1.61 bits per heavy atom. The first-order valence-electron chi connectivity index (χ1n) is 7.46. The molecule has 4 aromatic rings. The van der Waals surface area contributed by atoms with E-state index in [4.69, 9.17) is 4.74 Å². The topological polar surface area (TPSA) is 31.2 Å². The molecule has 0 spiro atoms. The molecule has 0 aliphatic rings. The highest BCUT2D eigenvalue weighted by atomic mass is 16.5. The molecule has 0 unspecified atom stereocenters. The van der Waals surface area contributed by atoms with Gasteiger partial charge in [-0.2, -0.15) is 0 Å². The van der Waals surface area contributed by atoms with Gasteiger partial charge < -0.3 is 4.74 Å². The second-order valence-corrected chi connectivity index (χ2v) is 5.42. The number of aromatic nitrogens is 1. The Kier molecular flexibility index (Phi) is 3.12. The molecule has 1 heterocycles. The van der Waals surface area contributed by atoms with E-state index < -0.39 is 0 Å². The molecule has 112 valence electrons.